The molecule has 2 aromatic rings. The lowest BCUT2D eigenvalue weighted by atomic mass is 9.87. The molecule has 1 aliphatic rings. The Morgan fingerprint density at radius 2 is 1.50 bits per heavy atom. The normalized spacial score (nSPS) is 19.6. The van der Waals surface area contributed by atoms with Crippen molar-refractivity contribution in [3.05, 3.63) is 70.5 Å². The lowest BCUT2D eigenvalue weighted by molar-refractivity contribution is -0.131. The average molecular weight is 397 g/mol. The zero-order chi connectivity index (χ0) is 20.6. The summed E-state index contributed by atoms with van der Waals surface area (Å²) < 4.78 is 67.1. The minimum atomic E-state index is -2.32. The van der Waals surface area contributed by atoms with Crippen molar-refractivity contribution in [3.8, 4) is 0 Å². The first-order valence-electron chi connectivity index (χ1n) is 8.02. The average Bonchev–Trinajstić information content (AvgIpc) is 2.96. The fraction of sp³-hybridized carbons (Fsp3) is 0.167. The molecule has 0 bridgehead atoms. The molecule has 1 atom stereocenters. The molecule has 0 unspecified atom stereocenters. The Bertz CT molecular complexity index is 967. The van der Waals surface area contributed by atoms with Crippen LogP contribution in [0.4, 0.5) is 26.7 Å². The smallest absolute Gasteiger partial charge is 0.318 e. The number of urea groups is 1. The summed E-state index contributed by atoms with van der Waals surface area (Å²) in [6, 6.07) is 7.18. The molecule has 2 aromatic carbocycles. The van der Waals surface area contributed by atoms with Crippen molar-refractivity contribution in [1.82, 2.24) is 10.3 Å². The molecule has 0 saturated carbocycles. The van der Waals surface area contributed by atoms with Crippen LogP contribution in [-0.2, 0) is 10.3 Å². The molecule has 1 N–H and O–H groups in total. The monoisotopic (exact) mass is 397 g/mol. The summed E-state index contributed by atoms with van der Waals surface area (Å²) in [6.07, 6.45) is 0.376. The van der Waals surface area contributed by atoms with Crippen molar-refractivity contribution in [3.63, 3.8) is 0 Å². The molecule has 5 nitrogen and oxygen atoms in total. The molecule has 10 heteroatoms. The molecule has 1 heterocycles. The van der Waals surface area contributed by atoms with Gasteiger partial charge in [0.15, 0.2) is 23.3 Å². The van der Waals surface area contributed by atoms with E-state index in [2.05, 4.69) is 10.4 Å². The van der Waals surface area contributed by atoms with Gasteiger partial charge < -0.3 is 5.32 Å². The lowest BCUT2D eigenvalue weighted by Gasteiger charge is -2.24. The Kier molecular flexibility index (Phi) is 4.88. The highest BCUT2D eigenvalue weighted by molar-refractivity contribution is 6.07. The van der Waals surface area contributed by atoms with E-state index in [9.17, 15) is 31.5 Å². The van der Waals surface area contributed by atoms with E-state index in [1.54, 1.807) is 37.3 Å². The van der Waals surface area contributed by atoms with Gasteiger partial charge in [-0.25, -0.2) is 26.7 Å². The number of rotatable bonds is 4. The number of carbonyl (C=O) groups is 2. The number of hydrogen-bond acceptors (Lipinski definition) is 3. The number of nitrogens with zero attached hydrogens (tertiary/aromatic N) is 2. The summed E-state index contributed by atoms with van der Waals surface area (Å²) >= 11 is 0. The molecule has 1 aliphatic heterocycles. The van der Waals surface area contributed by atoms with Crippen LogP contribution in [0.5, 0.6) is 0 Å². The molecule has 0 aliphatic carbocycles. The van der Waals surface area contributed by atoms with Gasteiger partial charge in [0.05, 0.1) is 11.8 Å². The van der Waals surface area contributed by atoms with Crippen LogP contribution in [0.1, 0.15) is 24.5 Å². The van der Waals surface area contributed by atoms with Gasteiger partial charge >= 0.3 is 6.03 Å². The van der Waals surface area contributed by atoms with Crippen LogP contribution in [0.15, 0.2) is 35.4 Å². The van der Waals surface area contributed by atoms with Crippen molar-refractivity contribution in [2.45, 2.75) is 18.9 Å². The number of hydrogen-bond donors (Lipinski definition) is 1. The first-order valence-corrected chi connectivity index (χ1v) is 8.02. The van der Waals surface area contributed by atoms with Gasteiger partial charge in [-0.15, -0.1) is 5.01 Å². The highest BCUT2D eigenvalue weighted by Gasteiger charge is 2.51. The predicted molar refractivity (Wildman–Crippen MR) is 87.6 cm³/mol. The number of benzene rings is 2. The molecule has 0 aromatic heterocycles. The summed E-state index contributed by atoms with van der Waals surface area (Å²) in [5.41, 5.74) is -2.39. The van der Waals surface area contributed by atoms with Gasteiger partial charge in [0.25, 0.3) is 5.91 Å². The van der Waals surface area contributed by atoms with Crippen LogP contribution >= 0.6 is 0 Å². The van der Waals surface area contributed by atoms with Gasteiger partial charge in [-0.1, -0.05) is 37.3 Å². The van der Waals surface area contributed by atoms with Crippen molar-refractivity contribution < 1.29 is 31.5 Å². The van der Waals surface area contributed by atoms with Gasteiger partial charge in [-0.2, -0.15) is 5.10 Å². The second-order valence-electron chi connectivity index (χ2n) is 5.90. The summed E-state index contributed by atoms with van der Waals surface area (Å²) in [5, 5.41) is 6.11. The van der Waals surface area contributed by atoms with Crippen LogP contribution in [0, 0.1) is 29.1 Å². The molecular formula is C18H12F5N3O2. The molecule has 1 saturated heterocycles. The Labute approximate surface area is 155 Å². The maximum absolute atomic E-state index is 13.7. The molecule has 1 fully saturated rings. The number of hydrazone groups is 1. The minimum absolute atomic E-state index is 0.135. The van der Waals surface area contributed by atoms with Crippen LogP contribution < -0.4 is 5.32 Å². The van der Waals surface area contributed by atoms with Crippen LogP contribution in [0.25, 0.3) is 0 Å². The largest absolute Gasteiger partial charge is 0.346 e. The number of amides is 3. The number of nitrogens with one attached hydrogen (secondary N) is 1. The van der Waals surface area contributed by atoms with Crippen molar-refractivity contribution in [2.24, 2.45) is 5.10 Å². The number of halogens is 5. The first-order chi connectivity index (χ1) is 13.2. The molecule has 28 heavy (non-hydrogen) atoms. The standard InChI is InChI=1S/C18H12F5N3O2/c1-2-18(9-6-4-3-5-7-9)16(27)26(17(28)25-18)24-8-10-11(19)13(21)15(23)14(22)12(10)20/h3-8H,2H2,1H3,(H,25,28)/t18-/m1/s1. The maximum Gasteiger partial charge on any atom is 0.346 e. The molecule has 0 radical (unpaired) electrons. The summed E-state index contributed by atoms with van der Waals surface area (Å²) in [7, 11) is 0. The van der Waals surface area contributed by atoms with E-state index in [0.29, 0.717) is 5.56 Å². The SMILES string of the molecule is CC[C@]1(c2ccccc2)NC(=O)N(N=Cc2c(F)c(F)c(F)c(F)c2F)C1=O. The highest BCUT2D eigenvalue weighted by Crippen LogP contribution is 2.32. The Hall–Kier alpha value is -3.30. The van der Waals surface area contributed by atoms with E-state index < -0.39 is 52.1 Å². The van der Waals surface area contributed by atoms with Gasteiger partial charge in [-0.05, 0) is 12.0 Å². The lowest BCUT2D eigenvalue weighted by Crippen LogP contribution is -2.43. The molecule has 146 valence electrons. The van der Waals surface area contributed by atoms with E-state index in [1.807, 2.05) is 0 Å². The predicted octanol–water partition coefficient (Wildman–Crippen LogP) is 3.57. The highest BCUT2D eigenvalue weighted by atomic mass is 19.2. The van der Waals surface area contributed by atoms with Gasteiger partial charge in [0.2, 0.25) is 5.82 Å². The van der Waals surface area contributed by atoms with Gasteiger partial charge in [-0.3, -0.25) is 4.79 Å². The molecule has 3 rings (SSSR count). The zero-order valence-corrected chi connectivity index (χ0v) is 14.3. The van der Waals surface area contributed by atoms with Crippen molar-refractivity contribution in [2.75, 3.05) is 0 Å². The quantitative estimate of drug-likeness (QED) is 0.282. The fourth-order valence-electron chi connectivity index (χ4n) is 2.88. The van der Waals surface area contributed by atoms with Crippen LogP contribution in [-0.4, -0.2) is 23.2 Å². The molecule has 0 spiro atoms. The Balaban J connectivity index is 2.01. The third-order valence-corrected chi connectivity index (χ3v) is 4.41. The third kappa shape index (κ3) is 2.81. The first kappa shape index (κ1) is 19.5. The summed E-state index contributed by atoms with van der Waals surface area (Å²) in [6.45, 7) is 1.63. The summed E-state index contributed by atoms with van der Waals surface area (Å²) in [4.78, 5) is 25.0. The molecular weight excluding hydrogens is 385 g/mol. The van der Waals surface area contributed by atoms with Crippen LogP contribution in [0.3, 0.4) is 0 Å². The minimum Gasteiger partial charge on any atom is -0.318 e. The van der Waals surface area contributed by atoms with Crippen molar-refractivity contribution in [1.29, 1.82) is 0 Å². The summed E-state index contributed by atoms with van der Waals surface area (Å²) in [5.74, 6) is -11.8. The van der Waals surface area contributed by atoms with E-state index >= 15 is 0 Å². The second kappa shape index (κ2) is 7.02. The topological polar surface area (TPSA) is 61.8 Å². The van der Waals surface area contributed by atoms with E-state index in [4.69, 9.17) is 0 Å². The maximum atomic E-state index is 13.7. The second-order valence-corrected chi connectivity index (χ2v) is 5.90. The van der Waals surface area contributed by atoms with Gasteiger partial charge in [0, 0.05) is 0 Å². The van der Waals surface area contributed by atoms with E-state index in [-0.39, 0.29) is 17.6 Å². The van der Waals surface area contributed by atoms with Crippen molar-refractivity contribution >= 4 is 18.2 Å². The van der Waals surface area contributed by atoms with Gasteiger partial charge in [0.1, 0.15) is 5.54 Å². The Morgan fingerprint density at radius 3 is 2.04 bits per heavy atom. The Morgan fingerprint density at radius 1 is 0.964 bits per heavy atom. The van der Waals surface area contributed by atoms with Crippen LogP contribution in [0.2, 0.25) is 0 Å². The zero-order valence-electron chi connectivity index (χ0n) is 14.3. The number of imide groups is 1. The third-order valence-electron chi connectivity index (χ3n) is 4.41. The molecule has 3 amide bonds. The van der Waals surface area contributed by atoms with E-state index in [1.165, 1.54) is 0 Å². The van der Waals surface area contributed by atoms with E-state index in [0.717, 1.165) is 0 Å². The fourth-order valence-corrected chi connectivity index (χ4v) is 2.88. The number of carbonyl (C=O) groups excluding carboxylic acids is 2.